The first-order valence-corrected chi connectivity index (χ1v) is 7.58. The van der Waals surface area contributed by atoms with Crippen molar-refractivity contribution >= 4 is 0 Å². The van der Waals surface area contributed by atoms with Crippen LogP contribution in [-0.2, 0) is 9.47 Å². The number of rotatable bonds is 7. The maximum absolute atomic E-state index is 9.82. The number of allylic oxidation sites excluding steroid dienone is 3. The Hall–Kier alpha value is -0.760. The van der Waals surface area contributed by atoms with Crippen molar-refractivity contribution in [3.8, 4) is 0 Å². The van der Waals surface area contributed by atoms with E-state index in [1.54, 1.807) is 0 Å². The summed E-state index contributed by atoms with van der Waals surface area (Å²) in [5, 5.41) is 38.2. The van der Waals surface area contributed by atoms with Gasteiger partial charge in [-0.25, -0.2) is 0 Å². The second-order valence-corrected chi connectivity index (χ2v) is 5.90. The first-order chi connectivity index (χ1) is 10.4. The SMILES string of the molecule is CC(C)=CCCC(C)=CCOC1OC(CO)C(O)C(O)C1O. The summed E-state index contributed by atoms with van der Waals surface area (Å²) in [4.78, 5) is 0. The molecule has 1 rings (SSSR count). The van der Waals surface area contributed by atoms with Gasteiger partial charge in [0.15, 0.2) is 6.29 Å². The predicted molar refractivity (Wildman–Crippen MR) is 82.1 cm³/mol. The largest absolute Gasteiger partial charge is 0.394 e. The Balaban J connectivity index is 2.44. The first-order valence-electron chi connectivity index (χ1n) is 7.58. The van der Waals surface area contributed by atoms with Gasteiger partial charge in [-0.05, 0) is 33.6 Å². The average Bonchev–Trinajstić information content (AvgIpc) is 2.47. The zero-order valence-corrected chi connectivity index (χ0v) is 13.5. The van der Waals surface area contributed by atoms with Gasteiger partial charge in [0.2, 0.25) is 0 Å². The Morgan fingerprint density at radius 1 is 1.05 bits per heavy atom. The average molecular weight is 316 g/mol. The highest BCUT2D eigenvalue weighted by atomic mass is 16.7. The van der Waals surface area contributed by atoms with Gasteiger partial charge >= 0.3 is 0 Å². The van der Waals surface area contributed by atoms with Crippen LogP contribution in [0.2, 0.25) is 0 Å². The molecule has 4 N–H and O–H groups in total. The lowest BCUT2D eigenvalue weighted by Gasteiger charge is -2.39. The van der Waals surface area contributed by atoms with Gasteiger partial charge in [-0.2, -0.15) is 0 Å². The Kier molecular flexibility index (Phi) is 8.24. The standard InChI is InChI=1S/C16H28O6/c1-10(2)5-4-6-11(3)7-8-21-16-15(20)14(19)13(18)12(9-17)22-16/h5,7,12-20H,4,6,8-9H2,1-3H3. The van der Waals surface area contributed by atoms with Gasteiger partial charge in [-0.3, -0.25) is 0 Å². The van der Waals surface area contributed by atoms with Crippen molar-refractivity contribution in [3.05, 3.63) is 23.3 Å². The molecule has 1 fully saturated rings. The fourth-order valence-electron chi connectivity index (χ4n) is 2.18. The van der Waals surface area contributed by atoms with Gasteiger partial charge in [-0.1, -0.05) is 23.3 Å². The predicted octanol–water partition coefficient (Wildman–Crippen LogP) is 0.496. The molecular formula is C16H28O6. The minimum atomic E-state index is -1.40. The number of aliphatic hydroxyl groups excluding tert-OH is 4. The maximum Gasteiger partial charge on any atom is 0.187 e. The molecule has 0 aliphatic carbocycles. The van der Waals surface area contributed by atoms with Gasteiger partial charge in [0.1, 0.15) is 24.4 Å². The number of hydrogen-bond donors (Lipinski definition) is 4. The van der Waals surface area contributed by atoms with Gasteiger partial charge in [0, 0.05) is 0 Å². The van der Waals surface area contributed by atoms with Crippen molar-refractivity contribution in [2.75, 3.05) is 13.2 Å². The topological polar surface area (TPSA) is 99.4 Å². The molecular weight excluding hydrogens is 288 g/mol. The molecule has 1 saturated heterocycles. The molecule has 6 nitrogen and oxygen atoms in total. The van der Waals surface area contributed by atoms with Crippen LogP contribution in [0.25, 0.3) is 0 Å². The zero-order valence-electron chi connectivity index (χ0n) is 13.5. The van der Waals surface area contributed by atoms with Crippen LogP contribution in [0.4, 0.5) is 0 Å². The summed E-state index contributed by atoms with van der Waals surface area (Å²) in [5.74, 6) is 0. The van der Waals surface area contributed by atoms with Gasteiger partial charge in [-0.15, -0.1) is 0 Å². The van der Waals surface area contributed by atoms with E-state index in [1.165, 1.54) is 5.57 Å². The zero-order chi connectivity index (χ0) is 16.7. The van der Waals surface area contributed by atoms with Gasteiger partial charge in [0.05, 0.1) is 13.2 Å². The van der Waals surface area contributed by atoms with E-state index in [0.29, 0.717) is 0 Å². The van der Waals surface area contributed by atoms with Crippen LogP contribution < -0.4 is 0 Å². The summed E-state index contributed by atoms with van der Waals surface area (Å²) in [7, 11) is 0. The lowest BCUT2D eigenvalue weighted by molar-refractivity contribution is -0.298. The van der Waals surface area contributed by atoms with Gasteiger partial charge < -0.3 is 29.9 Å². The Morgan fingerprint density at radius 3 is 2.32 bits per heavy atom. The van der Waals surface area contributed by atoms with E-state index in [0.717, 1.165) is 18.4 Å². The van der Waals surface area contributed by atoms with Crippen LogP contribution in [0, 0.1) is 0 Å². The summed E-state index contributed by atoms with van der Waals surface area (Å²) in [5.41, 5.74) is 2.44. The molecule has 0 aromatic carbocycles. The molecule has 1 heterocycles. The quantitative estimate of drug-likeness (QED) is 0.510. The molecule has 5 atom stereocenters. The van der Waals surface area contributed by atoms with Crippen molar-refractivity contribution in [3.63, 3.8) is 0 Å². The van der Waals surface area contributed by atoms with Crippen LogP contribution in [-0.4, -0.2) is 64.3 Å². The second-order valence-electron chi connectivity index (χ2n) is 5.90. The molecule has 0 aromatic heterocycles. The van der Waals surface area contributed by atoms with E-state index in [9.17, 15) is 15.3 Å². The number of ether oxygens (including phenoxy) is 2. The van der Waals surface area contributed by atoms with E-state index in [4.69, 9.17) is 14.6 Å². The molecule has 0 saturated carbocycles. The minimum absolute atomic E-state index is 0.226. The lowest BCUT2D eigenvalue weighted by Crippen LogP contribution is -2.59. The normalized spacial score (nSPS) is 32.9. The third-order valence-electron chi connectivity index (χ3n) is 3.63. The van der Waals surface area contributed by atoms with Crippen molar-refractivity contribution in [1.82, 2.24) is 0 Å². The van der Waals surface area contributed by atoms with Gasteiger partial charge in [0.25, 0.3) is 0 Å². The van der Waals surface area contributed by atoms with Crippen LogP contribution in [0.15, 0.2) is 23.3 Å². The third-order valence-corrected chi connectivity index (χ3v) is 3.63. The number of aliphatic hydroxyl groups is 4. The van der Waals surface area contributed by atoms with E-state index in [-0.39, 0.29) is 6.61 Å². The fraction of sp³-hybridized carbons (Fsp3) is 0.750. The highest BCUT2D eigenvalue weighted by Gasteiger charge is 2.43. The van der Waals surface area contributed by atoms with Crippen molar-refractivity contribution in [2.45, 2.75) is 64.3 Å². The number of hydrogen-bond acceptors (Lipinski definition) is 6. The summed E-state index contributed by atoms with van der Waals surface area (Å²) < 4.78 is 10.7. The molecule has 0 amide bonds. The van der Waals surface area contributed by atoms with E-state index in [1.807, 2.05) is 13.0 Å². The second kappa shape index (κ2) is 9.39. The first kappa shape index (κ1) is 19.3. The van der Waals surface area contributed by atoms with Crippen LogP contribution >= 0.6 is 0 Å². The lowest BCUT2D eigenvalue weighted by atomic mass is 9.99. The van der Waals surface area contributed by atoms with Crippen LogP contribution in [0.5, 0.6) is 0 Å². The highest BCUT2D eigenvalue weighted by Crippen LogP contribution is 2.22. The van der Waals surface area contributed by atoms with E-state index >= 15 is 0 Å². The highest BCUT2D eigenvalue weighted by molar-refractivity contribution is 5.02. The molecule has 1 aliphatic rings. The third kappa shape index (κ3) is 5.79. The molecule has 0 aromatic rings. The Bertz CT molecular complexity index is 386. The minimum Gasteiger partial charge on any atom is -0.394 e. The van der Waals surface area contributed by atoms with Crippen molar-refractivity contribution < 1.29 is 29.9 Å². The molecule has 5 unspecified atom stereocenters. The monoisotopic (exact) mass is 316 g/mol. The molecule has 128 valence electrons. The molecule has 0 radical (unpaired) electrons. The fourth-order valence-corrected chi connectivity index (χ4v) is 2.18. The molecule has 1 aliphatic heterocycles. The smallest absolute Gasteiger partial charge is 0.187 e. The maximum atomic E-state index is 9.82. The van der Waals surface area contributed by atoms with Crippen molar-refractivity contribution in [2.24, 2.45) is 0 Å². The summed E-state index contributed by atoms with van der Waals surface area (Å²) in [6.45, 7) is 5.88. The Labute approximate surface area is 131 Å². The van der Waals surface area contributed by atoms with E-state index < -0.39 is 37.3 Å². The molecule has 0 bridgehead atoms. The van der Waals surface area contributed by atoms with Crippen molar-refractivity contribution in [1.29, 1.82) is 0 Å². The Morgan fingerprint density at radius 2 is 1.73 bits per heavy atom. The van der Waals surface area contributed by atoms with Crippen LogP contribution in [0.3, 0.4) is 0 Å². The van der Waals surface area contributed by atoms with Crippen LogP contribution in [0.1, 0.15) is 33.6 Å². The summed E-state index contributed by atoms with van der Waals surface area (Å²) >= 11 is 0. The molecule has 0 spiro atoms. The van der Waals surface area contributed by atoms with E-state index in [2.05, 4.69) is 19.9 Å². The summed E-state index contributed by atoms with van der Waals surface area (Å²) in [6, 6.07) is 0. The molecule has 22 heavy (non-hydrogen) atoms. The molecule has 6 heteroatoms. The summed E-state index contributed by atoms with van der Waals surface area (Å²) in [6.07, 6.45) is -0.190.